The molecule has 0 radical (unpaired) electrons. The molecule has 1 heterocycles. The second-order valence-corrected chi connectivity index (χ2v) is 5.89. The summed E-state index contributed by atoms with van der Waals surface area (Å²) >= 11 is 0. The van der Waals surface area contributed by atoms with Gasteiger partial charge >= 0.3 is 0 Å². The van der Waals surface area contributed by atoms with E-state index in [9.17, 15) is 4.39 Å². The summed E-state index contributed by atoms with van der Waals surface area (Å²) in [7, 11) is 0. The van der Waals surface area contributed by atoms with E-state index in [-0.39, 0.29) is 29.8 Å². The van der Waals surface area contributed by atoms with Crippen molar-refractivity contribution in [2.45, 2.75) is 38.3 Å². The van der Waals surface area contributed by atoms with E-state index in [0.29, 0.717) is 30.2 Å². The molecular weight excluding hydrogens is 434 g/mol. The topological polar surface area (TPSA) is 72.5 Å². The Balaban J connectivity index is 0.00000225. The first kappa shape index (κ1) is 19.4. The number of nitrogens with two attached hydrogens (primary N) is 1. The molecule has 1 saturated carbocycles. The average Bonchev–Trinajstić information content (AvgIpc) is 3.07. The first-order chi connectivity index (χ1) is 11.7. The van der Waals surface area contributed by atoms with Crippen molar-refractivity contribution in [1.82, 2.24) is 10.3 Å². The van der Waals surface area contributed by atoms with Gasteiger partial charge < -0.3 is 15.8 Å². The van der Waals surface area contributed by atoms with Gasteiger partial charge in [0.05, 0.1) is 6.54 Å². The van der Waals surface area contributed by atoms with Crippen LogP contribution in [0.4, 0.5) is 4.39 Å². The first-order valence-electron chi connectivity index (χ1n) is 8.14. The average molecular weight is 456 g/mol. The summed E-state index contributed by atoms with van der Waals surface area (Å²) in [5.41, 5.74) is 6.83. The molecule has 2 aromatic rings. The van der Waals surface area contributed by atoms with Crippen molar-refractivity contribution >= 4 is 29.9 Å². The predicted octanol–water partition coefficient (Wildman–Crippen LogP) is 3.98. The van der Waals surface area contributed by atoms with E-state index < -0.39 is 0 Å². The van der Waals surface area contributed by atoms with Crippen LogP contribution in [-0.2, 0) is 6.54 Å². The van der Waals surface area contributed by atoms with Crippen LogP contribution in [0.1, 0.15) is 31.2 Å². The molecule has 0 unspecified atom stereocenters. The summed E-state index contributed by atoms with van der Waals surface area (Å²) in [5.74, 6) is 0.953. The van der Waals surface area contributed by atoms with Crippen LogP contribution in [0, 0.1) is 5.82 Å². The molecule has 0 aliphatic heterocycles. The van der Waals surface area contributed by atoms with Crippen molar-refractivity contribution in [1.29, 1.82) is 0 Å². The molecule has 7 heteroatoms. The van der Waals surface area contributed by atoms with Crippen molar-refractivity contribution in [2.24, 2.45) is 10.7 Å². The molecule has 0 amide bonds. The Morgan fingerprint density at radius 3 is 2.76 bits per heavy atom. The summed E-state index contributed by atoms with van der Waals surface area (Å²) in [6.07, 6.45) is 6.50. The Labute approximate surface area is 163 Å². The van der Waals surface area contributed by atoms with Gasteiger partial charge in [-0.1, -0.05) is 25.0 Å². The van der Waals surface area contributed by atoms with Gasteiger partial charge in [0, 0.05) is 24.4 Å². The third-order valence-corrected chi connectivity index (χ3v) is 3.96. The maximum absolute atomic E-state index is 13.1. The number of pyridine rings is 1. The molecule has 0 saturated heterocycles. The number of guanidine groups is 1. The van der Waals surface area contributed by atoms with Crippen LogP contribution < -0.4 is 15.8 Å². The van der Waals surface area contributed by atoms with E-state index in [1.54, 1.807) is 24.4 Å². The van der Waals surface area contributed by atoms with E-state index in [0.717, 1.165) is 18.4 Å². The van der Waals surface area contributed by atoms with Gasteiger partial charge in [0.2, 0.25) is 5.88 Å². The number of rotatable bonds is 5. The highest BCUT2D eigenvalue weighted by atomic mass is 127. The fraction of sp³-hybridized carbons (Fsp3) is 0.333. The molecule has 1 aromatic carbocycles. The molecule has 3 rings (SSSR count). The first-order valence-corrected chi connectivity index (χ1v) is 8.14. The summed E-state index contributed by atoms with van der Waals surface area (Å²) in [4.78, 5) is 8.55. The normalized spacial score (nSPS) is 14.8. The lowest BCUT2D eigenvalue weighted by atomic mass is 10.2. The minimum absolute atomic E-state index is 0. The maximum Gasteiger partial charge on any atom is 0.219 e. The molecule has 134 valence electrons. The molecule has 3 N–H and O–H groups in total. The number of ether oxygens (including phenoxy) is 1. The highest BCUT2D eigenvalue weighted by molar-refractivity contribution is 14.0. The fourth-order valence-corrected chi connectivity index (χ4v) is 2.72. The van der Waals surface area contributed by atoms with Crippen LogP contribution in [0.25, 0.3) is 0 Å². The highest BCUT2D eigenvalue weighted by Gasteiger charge is 2.14. The Hall–Kier alpha value is -1.90. The summed E-state index contributed by atoms with van der Waals surface area (Å²) in [5, 5.41) is 3.25. The molecule has 5 nitrogen and oxygen atoms in total. The van der Waals surface area contributed by atoms with Gasteiger partial charge in [-0.15, -0.1) is 24.0 Å². The number of halogens is 2. The van der Waals surface area contributed by atoms with Crippen LogP contribution in [0.15, 0.2) is 47.6 Å². The van der Waals surface area contributed by atoms with Crippen molar-refractivity contribution in [3.8, 4) is 11.6 Å². The zero-order chi connectivity index (χ0) is 16.8. The lowest BCUT2D eigenvalue weighted by Crippen LogP contribution is -2.38. The fourth-order valence-electron chi connectivity index (χ4n) is 2.72. The zero-order valence-electron chi connectivity index (χ0n) is 13.8. The summed E-state index contributed by atoms with van der Waals surface area (Å²) in [6.45, 7) is 0.457. The van der Waals surface area contributed by atoms with Gasteiger partial charge in [0.1, 0.15) is 11.6 Å². The Kier molecular flexibility index (Phi) is 7.42. The molecule has 0 bridgehead atoms. The smallest absolute Gasteiger partial charge is 0.219 e. The second kappa shape index (κ2) is 9.55. The second-order valence-electron chi connectivity index (χ2n) is 5.89. The van der Waals surface area contributed by atoms with E-state index in [1.807, 2.05) is 6.07 Å². The Morgan fingerprint density at radius 2 is 2.08 bits per heavy atom. The SMILES string of the molecule is I.NC(=NCc1ccc(Oc2cccc(F)c2)nc1)NC1CCCC1. The number of hydrogen-bond donors (Lipinski definition) is 2. The van der Waals surface area contributed by atoms with Crippen LogP contribution in [0.5, 0.6) is 11.6 Å². The van der Waals surface area contributed by atoms with E-state index >= 15 is 0 Å². The zero-order valence-corrected chi connectivity index (χ0v) is 16.2. The van der Waals surface area contributed by atoms with Gasteiger partial charge in [-0.25, -0.2) is 14.4 Å². The lowest BCUT2D eigenvalue weighted by Gasteiger charge is -2.12. The highest BCUT2D eigenvalue weighted by Crippen LogP contribution is 2.20. The van der Waals surface area contributed by atoms with E-state index in [2.05, 4.69) is 15.3 Å². The largest absolute Gasteiger partial charge is 0.439 e. The molecule has 1 fully saturated rings. The van der Waals surface area contributed by atoms with Crippen LogP contribution in [0.3, 0.4) is 0 Å². The van der Waals surface area contributed by atoms with E-state index in [1.165, 1.54) is 25.0 Å². The predicted molar refractivity (Wildman–Crippen MR) is 107 cm³/mol. The van der Waals surface area contributed by atoms with Gasteiger partial charge in [-0.2, -0.15) is 0 Å². The lowest BCUT2D eigenvalue weighted by molar-refractivity contribution is 0.457. The molecule has 25 heavy (non-hydrogen) atoms. The van der Waals surface area contributed by atoms with Crippen LogP contribution >= 0.6 is 24.0 Å². The number of nitrogens with one attached hydrogen (secondary N) is 1. The minimum Gasteiger partial charge on any atom is -0.439 e. The molecule has 1 aliphatic rings. The van der Waals surface area contributed by atoms with Crippen molar-refractivity contribution in [3.63, 3.8) is 0 Å². The van der Waals surface area contributed by atoms with Gasteiger partial charge in [0.15, 0.2) is 5.96 Å². The van der Waals surface area contributed by atoms with Crippen LogP contribution in [-0.4, -0.2) is 17.0 Å². The Morgan fingerprint density at radius 1 is 1.28 bits per heavy atom. The number of aromatic nitrogens is 1. The number of benzene rings is 1. The number of aliphatic imine (C=N–C) groups is 1. The third kappa shape index (κ3) is 6.15. The monoisotopic (exact) mass is 456 g/mol. The van der Waals surface area contributed by atoms with Gasteiger partial charge in [0.25, 0.3) is 0 Å². The van der Waals surface area contributed by atoms with E-state index in [4.69, 9.17) is 10.5 Å². The Bertz CT molecular complexity index is 702. The summed E-state index contributed by atoms with van der Waals surface area (Å²) < 4.78 is 18.6. The van der Waals surface area contributed by atoms with Crippen molar-refractivity contribution in [3.05, 3.63) is 54.0 Å². The standard InChI is InChI=1S/C18H21FN4O.HI/c19-14-4-3-7-16(10-14)24-17-9-8-13(11-21-17)12-22-18(20)23-15-5-1-2-6-15;/h3-4,7-11,15H,1-2,5-6,12H2,(H3,20,22,23);1H. The van der Waals surface area contributed by atoms with Crippen molar-refractivity contribution < 1.29 is 9.13 Å². The van der Waals surface area contributed by atoms with Gasteiger partial charge in [-0.05, 0) is 30.5 Å². The van der Waals surface area contributed by atoms with Crippen molar-refractivity contribution in [2.75, 3.05) is 0 Å². The van der Waals surface area contributed by atoms with Gasteiger partial charge in [-0.3, -0.25) is 0 Å². The summed E-state index contributed by atoms with van der Waals surface area (Å²) in [6, 6.07) is 10.0. The third-order valence-electron chi connectivity index (χ3n) is 3.96. The minimum atomic E-state index is -0.344. The maximum atomic E-state index is 13.1. The molecule has 1 aliphatic carbocycles. The molecule has 0 spiro atoms. The molecule has 0 atom stereocenters. The van der Waals surface area contributed by atoms with Crippen LogP contribution in [0.2, 0.25) is 0 Å². The number of nitrogens with zero attached hydrogens (tertiary/aromatic N) is 2. The molecule has 1 aromatic heterocycles. The molecular formula is C18H22FIN4O. The number of hydrogen-bond acceptors (Lipinski definition) is 3. The quantitative estimate of drug-likeness (QED) is 0.406.